The average Bonchev–Trinajstić information content (AvgIpc) is 2.39. The van der Waals surface area contributed by atoms with Crippen molar-refractivity contribution in [2.45, 2.75) is 6.92 Å². The zero-order valence-corrected chi connectivity index (χ0v) is 10.1. The standard InChI is InChI=1S/C15H15NO/c1-12-8-10-14(11-9-12)16(2)15(17)13-6-4-3-5-7-13/h3-11H,1-2H3. The van der Waals surface area contributed by atoms with Crippen LogP contribution in [0, 0.1) is 6.92 Å². The summed E-state index contributed by atoms with van der Waals surface area (Å²) in [5.41, 5.74) is 2.80. The lowest BCUT2D eigenvalue weighted by Gasteiger charge is -2.17. The van der Waals surface area contributed by atoms with Gasteiger partial charge >= 0.3 is 0 Å². The van der Waals surface area contributed by atoms with Crippen LogP contribution in [0.15, 0.2) is 54.6 Å². The van der Waals surface area contributed by atoms with Crippen LogP contribution < -0.4 is 4.90 Å². The normalized spacial score (nSPS) is 10.0. The Labute approximate surface area is 102 Å². The van der Waals surface area contributed by atoms with Crippen LogP contribution in [0.25, 0.3) is 0 Å². The highest BCUT2D eigenvalue weighted by molar-refractivity contribution is 6.05. The fourth-order valence-electron chi connectivity index (χ4n) is 1.66. The predicted molar refractivity (Wildman–Crippen MR) is 70.4 cm³/mol. The molecule has 0 saturated heterocycles. The van der Waals surface area contributed by atoms with Gasteiger partial charge in [-0.15, -0.1) is 0 Å². The Morgan fingerprint density at radius 3 is 2.12 bits per heavy atom. The Morgan fingerprint density at radius 2 is 1.53 bits per heavy atom. The molecule has 2 aromatic carbocycles. The lowest BCUT2D eigenvalue weighted by Crippen LogP contribution is -2.25. The molecule has 1 amide bonds. The summed E-state index contributed by atoms with van der Waals surface area (Å²) in [7, 11) is 1.79. The monoisotopic (exact) mass is 225 g/mol. The van der Waals surface area contributed by atoms with E-state index in [-0.39, 0.29) is 5.91 Å². The summed E-state index contributed by atoms with van der Waals surface area (Å²) in [4.78, 5) is 13.8. The maximum atomic E-state index is 12.2. The highest BCUT2D eigenvalue weighted by atomic mass is 16.2. The third-order valence-electron chi connectivity index (χ3n) is 2.75. The number of benzene rings is 2. The highest BCUT2D eigenvalue weighted by Crippen LogP contribution is 2.16. The van der Waals surface area contributed by atoms with Gasteiger partial charge in [-0.05, 0) is 31.2 Å². The van der Waals surface area contributed by atoms with Crippen molar-refractivity contribution >= 4 is 11.6 Å². The molecule has 2 rings (SSSR count). The third-order valence-corrected chi connectivity index (χ3v) is 2.75. The van der Waals surface area contributed by atoms with E-state index in [1.165, 1.54) is 5.56 Å². The lowest BCUT2D eigenvalue weighted by atomic mass is 10.1. The summed E-state index contributed by atoms with van der Waals surface area (Å²) in [6, 6.07) is 17.2. The van der Waals surface area contributed by atoms with Crippen molar-refractivity contribution in [3.63, 3.8) is 0 Å². The van der Waals surface area contributed by atoms with Crippen molar-refractivity contribution in [2.75, 3.05) is 11.9 Å². The summed E-state index contributed by atoms with van der Waals surface area (Å²) in [5.74, 6) is 0.00875. The fraction of sp³-hybridized carbons (Fsp3) is 0.133. The van der Waals surface area contributed by atoms with Gasteiger partial charge in [0.15, 0.2) is 0 Å². The van der Waals surface area contributed by atoms with Gasteiger partial charge in [-0.1, -0.05) is 35.9 Å². The molecule has 0 fully saturated rings. The molecular formula is C15H15NO. The minimum Gasteiger partial charge on any atom is -0.311 e. The molecule has 0 atom stereocenters. The Balaban J connectivity index is 2.23. The number of nitrogens with zero attached hydrogens (tertiary/aromatic N) is 1. The van der Waals surface area contributed by atoms with Crippen LogP contribution in [0.5, 0.6) is 0 Å². The van der Waals surface area contributed by atoms with Crippen molar-refractivity contribution in [3.05, 3.63) is 65.7 Å². The SMILES string of the molecule is Cc1ccc(N(C)C(=O)c2ccccc2)cc1. The van der Waals surface area contributed by atoms with Gasteiger partial charge in [0.2, 0.25) is 0 Å². The minimum atomic E-state index is 0.00875. The van der Waals surface area contributed by atoms with E-state index < -0.39 is 0 Å². The number of rotatable bonds is 2. The van der Waals surface area contributed by atoms with E-state index in [4.69, 9.17) is 0 Å². The molecule has 0 N–H and O–H groups in total. The zero-order valence-electron chi connectivity index (χ0n) is 10.1. The average molecular weight is 225 g/mol. The van der Waals surface area contributed by atoms with Gasteiger partial charge in [0, 0.05) is 18.3 Å². The lowest BCUT2D eigenvalue weighted by molar-refractivity contribution is 0.0993. The van der Waals surface area contributed by atoms with Crippen molar-refractivity contribution in [2.24, 2.45) is 0 Å². The quantitative estimate of drug-likeness (QED) is 0.768. The van der Waals surface area contributed by atoms with Crippen molar-refractivity contribution in [3.8, 4) is 0 Å². The predicted octanol–water partition coefficient (Wildman–Crippen LogP) is 3.27. The molecule has 0 heterocycles. The van der Waals surface area contributed by atoms with Gasteiger partial charge in [-0.3, -0.25) is 4.79 Å². The van der Waals surface area contributed by atoms with Crippen LogP contribution >= 0.6 is 0 Å². The summed E-state index contributed by atoms with van der Waals surface area (Å²) < 4.78 is 0. The second kappa shape index (κ2) is 4.83. The fourth-order valence-corrected chi connectivity index (χ4v) is 1.66. The van der Waals surface area contributed by atoms with Gasteiger partial charge in [0.1, 0.15) is 0 Å². The maximum Gasteiger partial charge on any atom is 0.258 e. The molecular weight excluding hydrogens is 210 g/mol. The summed E-state index contributed by atoms with van der Waals surface area (Å²) in [6.07, 6.45) is 0. The molecule has 0 spiro atoms. The number of carbonyl (C=O) groups is 1. The smallest absolute Gasteiger partial charge is 0.258 e. The van der Waals surface area contributed by atoms with E-state index in [0.29, 0.717) is 5.56 Å². The van der Waals surface area contributed by atoms with E-state index in [2.05, 4.69) is 0 Å². The first-order chi connectivity index (χ1) is 8.18. The van der Waals surface area contributed by atoms with Gasteiger partial charge in [-0.2, -0.15) is 0 Å². The molecule has 0 unspecified atom stereocenters. The topological polar surface area (TPSA) is 20.3 Å². The number of amides is 1. The third kappa shape index (κ3) is 2.53. The first kappa shape index (κ1) is 11.4. The van der Waals surface area contributed by atoms with E-state index in [9.17, 15) is 4.79 Å². The van der Waals surface area contributed by atoms with Gasteiger partial charge in [-0.25, -0.2) is 0 Å². The van der Waals surface area contributed by atoms with E-state index >= 15 is 0 Å². The minimum absolute atomic E-state index is 0.00875. The summed E-state index contributed by atoms with van der Waals surface area (Å²) in [6.45, 7) is 2.03. The Hall–Kier alpha value is -2.09. The van der Waals surface area contributed by atoms with Crippen LogP contribution in [0.2, 0.25) is 0 Å². The summed E-state index contributed by atoms with van der Waals surface area (Å²) in [5, 5.41) is 0. The molecule has 0 aliphatic heterocycles. The molecule has 17 heavy (non-hydrogen) atoms. The first-order valence-corrected chi connectivity index (χ1v) is 5.58. The van der Waals surface area contributed by atoms with E-state index in [1.54, 1.807) is 11.9 Å². The second-order valence-electron chi connectivity index (χ2n) is 4.07. The van der Waals surface area contributed by atoms with E-state index in [1.807, 2.05) is 61.5 Å². The molecule has 0 bridgehead atoms. The molecule has 0 aliphatic rings. The van der Waals surface area contributed by atoms with E-state index in [0.717, 1.165) is 5.69 Å². The largest absolute Gasteiger partial charge is 0.311 e. The van der Waals surface area contributed by atoms with Gasteiger partial charge in [0.05, 0.1) is 0 Å². The molecule has 0 saturated carbocycles. The first-order valence-electron chi connectivity index (χ1n) is 5.58. The molecule has 0 aromatic heterocycles. The Kier molecular flexibility index (Phi) is 3.24. The number of carbonyl (C=O) groups excluding carboxylic acids is 1. The number of anilines is 1. The molecule has 0 aliphatic carbocycles. The van der Waals surface area contributed by atoms with Gasteiger partial charge in [0.25, 0.3) is 5.91 Å². The van der Waals surface area contributed by atoms with Crippen molar-refractivity contribution in [1.29, 1.82) is 0 Å². The molecule has 2 aromatic rings. The maximum absolute atomic E-state index is 12.2. The number of aryl methyl sites for hydroxylation is 1. The van der Waals surface area contributed by atoms with Crippen LogP contribution in [0.1, 0.15) is 15.9 Å². The second-order valence-corrected chi connectivity index (χ2v) is 4.07. The van der Waals surface area contributed by atoms with Gasteiger partial charge < -0.3 is 4.90 Å². The Morgan fingerprint density at radius 1 is 0.941 bits per heavy atom. The molecule has 2 nitrogen and oxygen atoms in total. The highest BCUT2D eigenvalue weighted by Gasteiger charge is 2.12. The Bertz CT molecular complexity index is 502. The van der Waals surface area contributed by atoms with Crippen molar-refractivity contribution < 1.29 is 4.79 Å². The van der Waals surface area contributed by atoms with Crippen LogP contribution in [0.3, 0.4) is 0 Å². The van der Waals surface area contributed by atoms with Crippen LogP contribution in [-0.4, -0.2) is 13.0 Å². The van der Waals surface area contributed by atoms with Crippen molar-refractivity contribution in [1.82, 2.24) is 0 Å². The summed E-state index contributed by atoms with van der Waals surface area (Å²) >= 11 is 0. The number of hydrogen-bond donors (Lipinski definition) is 0. The molecule has 0 radical (unpaired) electrons. The zero-order chi connectivity index (χ0) is 12.3. The molecule has 2 heteroatoms. The van der Waals surface area contributed by atoms with Crippen LogP contribution in [-0.2, 0) is 0 Å². The molecule has 86 valence electrons. The number of hydrogen-bond acceptors (Lipinski definition) is 1. The van der Waals surface area contributed by atoms with Crippen LogP contribution in [0.4, 0.5) is 5.69 Å².